The van der Waals surface area contributed by atoms with E-state index >= 15 is 0 Å². The van der Waals surface area contributed by atoms with Gasteiger partial charge in [-0.2, -0.15) is 0 Å². The molecule has 1 N–H and O–H groups in total. The number of rotatable bonds is 4. The Balaban J connectivity index is 1.68. The predicted octanol–water partition coefficient (Wildman–Crippen LogP) is 3.11. The van der Waals surface area contributed by atoms with Crippen molar-refractivity contribution in [2.24, 2.45) is 0 Å². The molecule has 2 aromatic heterocycles. The molecule has 0 saturated heterocycles. The van der Waals surface area contributed by atoms with Crippen molar-refractivity contribution in [1.82, 2.24) is 15.3 Å². The number of nitrogens with zero attached hydrogens (tertiary/aromatic N) is 2. The second-order valence-electron chi connectivity index (χ2n) is 4.86. The summed E-state index contributed by atoms with van der Waals surface area (Å²) in [6, 6.07) is 11.0. The van der Waals surface area contributed by atoms with Crippen LogP contribution in [0, 0.1) is 0 Å². The van der Waals surface area contributed by atoms with E-state index in [1.165, 1.54) is 6.08 Å². The molecule has 0 aliphatic heterocycles. The summed E-state index contributed by atoms with van der Waals surface area (Å²) in [7, 11) is 0. The number of furan rings is 1. The van der Waals surface area contributed by atoms with Gasteiger partial charge < -0.3 is 9.73 Å². The number of fused-ring (bicyclic) bond motifs is 1. The van der Waals surface area contributed by atoms with Gasteiger partial charge in [0, 0.05) is 6.08 Å². The van der Waals surface area contributed by atoms with Crippen LogP contribution >= 0.6 is 0 Å². The maximum absolute atomic E-state index is 11.9. The molecule has 0 saturated carbocycles. The molecular weight excluding hydrogens is 278 g/mol. The fraction of sp³-hybridized carbons (Fsp3) is 0.118. The molecule has 5 nitrogen and oxygen atoms in total. The second kappa shape index (κ2) is 6.22. The number of para-hydroxylation sites is 2. The maximum Gasteiger partial charge on any atom is 0.244 e. The first-order chi connectivity index (χ1) is 10.7. The summed E-state index contributed by atoms with van der Waals surface area (Å²) in [6.45, 7) is 1.86. The van der Waals surface area contributed by atoms with Gasteiger partial charge in [0.2, 0.25) is 5.91 Å². The lowest BCUT2D eigenvalue weighted by atomic mass is 10.2. The van der Waals surface area contributed by atoms with Crippen molar-refractivity contribution in [2.75, 3.05) is 0 Å². The Morgan fingerprint density at radius 1 is 1.23 bits per heavy atom. The Labute approximate surface area is 127 Å². The molecule has 0 aliphatic carbocycles. The lowest BCUT2D eigenvalue weighted by Crippen LogP contribution is -2.24. The summed E-state index contributed by atoms with van der Waals surface area (Å²) < 4.78 is 5.25. The molecule has 1 unspecified atom stereocenters. The largest absolute Gasteiger partial charge is 0.467 e. The highest BCUT2D eigenvalue weighted by atomic mass is 16.3. The predicted molar refractivity (Wildman–Crippen MR) is 83.8 cm³/mol. The lowest BCUT2D eigenvalue weighted by Gasteiger charge is -2.08. The fourth-order valence-electron chi connectivity index (χ4n) is 2.08. The van der Waals surface area contributed by atoms with Crippen molar-refractivity contribution >= 4 is 23.0 Å². The van der Waals surface area contributed by atoms with Crippen LogP contribution in [0.2, 0.25) is 0 Å². The van der Waals surface area contributed by atoms with Crippen LogP contribution in [-0.4, -0.2) is 15.9 Å². The van der Waals surface area contributed by atoms with Crippen LogP contribution in [0.3, 0.4) is 0 Å². The molecule has 0 aliphatic rings. The minimum absolute atomic E-state index is 0.185. The average Bonchev–Trinajstić information content (AvgIpc) is 3.07. The van der Waals surface area contributed by atoms with Gasteiger partial charge >= 0.3 is 0 Å². The van der Waals surface area contributed by atoms with Crippen molar-refractivity contribution in [1.29, 1.82) is 0 Å². The van der Waals surface area contributed by atoms with Crippen molar-refractivity contribution in [3.63, 3.8) is 0 Å². The minimum Gasteiger partial charge on any atom is -0.467 e. The number of nitrogens with one attached hydrogen (secondary N) is 1. The average molecular weight is 293 g/mol. The van der Waals surface area contributed by atoms with E-state index in [-0.39, 0.29) is 11.9 Å². The Kier molecular flexibility index (Phi) is 3.96. The number of carbonyl (C=O) groups excluding carboxylic acids is 1. The van der Waals surface area contributed by atoms with Crippen molar-refractivity contribution in [3.8, 4) is 0 Å². The monoisotopic (exact) mass is 293 g/mol. The highest BCUT2D eigenvalue weighted by Gasteiger charge is 2.09. The zero-order chi connectivity index (χ0) is 15.4. The molecule has 0 radical (unpaired) electrons. The van der Waals surface area contributed by atoms with E-state index in [4.69, 9.17) is 4.42 Å². The Morgan fingerprint density at radius 2 is 2.05 bits per heavy atom. The van der Waals surface area contributed by atoms with E-state index in [9.17, 15) is 4.79 Å². The zero-order valence-corrected chi connectivity index (χ0v) is 12.1. The molecule has 22 heavy (non-hydrogen) atoms. The quantitative estimate of drug-likeness (QED) is 0.750. The normalized spacial score (nSPS) is 12.6. The lowest BCUT2D eigenvalue weighted by molar-refractivity contribution is -0.117. The first-order valence-corrected chi connectivity index (χ1v) is 6.96. The molecule has 1 aromatic carbocycles. The van der Waals surface area contributed by atoms with Gasteiger partial charge in [0.05, 0.1) is 35.2 Å². The molecule has 3 aromatic rings. The first kappa shape index (κ1) is 14.0. The Bertz CT molecular complexity index is 810. The van der Waals surface area contributed by atoms with Gasteiger partial charge in [-0.25, -0.2) is 4.98 Å². The van der Waals surface area contributed by atoms with E-state index < -0.39 is 0 Å². The van der Waals surface area contributed by atoms with Crippen LogP contribution in [0.1, 0.15) is 24.4 Å². The molecule has 5 heteroatoms. The highest BCUT2D eigenvalue weighted by molar-refractivity contribution is 5.91. The summed E-state index contributed by atoms with van der Waals surface area (Å²) in [5, 5.41) is 2.82. The van der Waals surface area contributed by atoms with E-state index in [1.54, 1.807) is 24.6 Å². The van der Waals surface area contributed by atoms with E-state index in [2.05, 4.69) is 15.3 Å². The highest BCUT2D eigenvalue weighted by Crippen LogP contribution is 2.12. The van der Waals surface area contributed by atoms with Gasteiger partial charge in [0.25, 0.3) is 0 Å². The first-order valence-electron chi connectivity index (χ1n) is 6.96. The summed E-state index contributed by atoms with van der Waals surface area (Å²) in [4.78, 5) is 20.6. The molecule has 0 fully saturated rings. The van der Waals surface area contributed by atoms with Crippen molar-refractivity contribution in [2.45, 2.75) is 13.0 Å². The second-order valence-corrected chi connectivity index (χ2v) is 4.86. The Hall–Kier alpha value is -2.95. The number of benzene rings is 1. The topological polar surface area (TPSA) is 68.0 Å². The van der Waals surface area contributed by atoms with Crippen LogP contribution in [0.25, 0.3) is 17.1 Å². The van der Waals surface area contributed by atoms with Gasteiger partial charge in [0.1, 0.15) is 5.76 Å². The van der Waals surface area contributed by atoms with Gasteiger partial charge in [-0.15, -0.1) is 0 Å². The maximum atomic E-state index is 11.9. The molecular formula is C17H15N3O2. The third-order valence-corrected chi connectivity index (χ3v) is 3.20. The van der Waals surface area contributed by atoms with Crippen LogP contribution in [-0.2, 0) is 4.79 Å². The molecule has 3 rings (SSSR count). The molecule has 0 spiro atoms. The smallest absolute Gasteiger partial charge is 0.244 e. The summed E-state index contributed by atoms with van der Waals surface area (Å²) in [5.74, 6) is 0.506. The standard InChI is InChI=1S/C17H15N3O2/c1-12(16-7-4-10-22-16)19-17(21)9-8-13-11-18-14-5-2-3-6-15(14)20-13/h2-12H,1H3,(H,19,21)/b9-8+. The van der Waals surface area contributed by atoms with E-state index in [0.717, 1.165) is 11.0 Å². The van der Waals surface area contributed by atoms with Gasteiger partial charge in [-0.05, 0) is 37.3 Å². The van der Waals surface area contributed by atoms with Gasteiger partial charge in [0.15, 0.2) is 0 Å². The third kappa shape index (κ3) is 3.20. The summed E-state index contributed by atoms with van der Waals surface area (Å²) in [5.41, 5.74) is 2.27. The zero-order valence-electron chi connectivity index (χ0n) is 12.1. The van der Waals surface area contributed by atoms with Gasteiger partial charge in [-0.1, -0.05) is 12.1 Å². The van der Waals surface area contributed by atoms with Crippen LogP contribution in [0.4, 0.5) is 0 Å². The van der Waals surface area contributed by atoms with Gasteiger partial charge in [-0.3, -0.25) is 9.78 Å². The fourth-order valence-corrected chi connectivity index (χ4v) is 2.08. The number of aromatic nitrogens is 2. The molecule has 0 bridgehead atoms. The molecule has 2 heterocycles. The number of hydrogen-bond acceptors (Lipinski definition) is 4. The van der Waals surface area contributed by atoms with Crippen LogP contribution in [0.5, 0.6) is 0 Å². The Morgan fingerprint density at radius 3 is 2.82 bits per heavy atom. The SMILES string of the molecule is CC(NC(=O)/C=C/c1cnc2ccccc2n1)c1ccco1. The minimum atomic E-state index is -0.209. The van der Waals surface area contributed by atoms with E-state index in [0.29, 0.717) is 11.5 Å². The number of hydrogen-bond donors (Lipinski definition) is 1. The van der Waals surface area contributed by atoms with Crippen molar-refractivity contribution < 1.29 is 9.21 Å². The van der Waals surface area contributed by atoms with Crippen LogP contribution in [0.15, 0.2) is 59.4 Å². The molecule has 1 amide bonds. The number of carbonyl (C=O) groups is 1. The number of amides is 1. The molecule has 1 atom stereocenters. The molecule has 110 valence electrons. The van der Waals surface area contributed by atoms with E-state index in [1.807, 2.05) is 37.3 Å². The van der Waals surface area contributed by atoms with Crippen molar-refractivity contribution in [3.05, 3.63) is 66.4 Å². The summed E-state index contributed by atoms with van der Waals surface area (Å²) >= 11 is 0. The third-order valence-electron chi connectivity index (χ3n) is 3.20. The van der Waals surface area contributed by atoms with Crippen LogP contribution < -0.4 is 5.32 Å². The summed E-state index contributed by atoms with van der Waals surface area (Å²) in [6.07, 6.45) is 6.31.